The molecule has 3 aromatic rings. The first-order valence-corrected chi connectivity index (χ1v) is 9.08. The molecule has 0 bridgehead atoms. The Bertz CT molecular complexity index is 822. The van der Waals surface area contributed by atoms with Gasteiger partial charge in [-0.25, -0.2) is 9.97 Å². The molecule has 124 valence electrons. The maximum absolute atomic E-state index is 6.09. The van der Waals surface area contributed by atoms with Crippen LogP contribution in [0.4, 0.5) is 5.13 Å². The number of aryl methyl sites for hydroxylation is 2. The third-order valence-electron chi connectivity index (χ3n) is 4.31. The Kier molecular flexibility index (Phi) is 4.06. The molecular formula is C18H20N4OS. The first kappa shape index (κ1) is 15.3. The summed E-state index contributed by atoms with van der Waals surface area (Å²) < 4.78 is 7.34. The quantitative estimate of drug-likeness (QED) is 0.727. The summed E-state index contributed by atoms with van der Waals surface area (Å²) in [5.74, 6) is 0.674. The molecule has 24 heavy (non-hydrogen) atoms. The van der Waals surface area contributed by atoms with Gasteiger partial charge in [0.25, 0.3) is 0 Å². The monoisotopic (exact) mass is 340 g/mol. The standard InChI is InChI=1S/C18H20N4OS/c1-12-11-19-13(2)17(20-12)23-14-7-9-22(10-8-14)18-21-15-5-3-4-6-16(15)24-18/h3-6,11,14H,7-10H2,1-2H3. The molecule has 1 fully saturated rings. The molecule has 3 heterocycles. The number of piperidine rings is 1. The Morgan fingerprint density at radius 2 is 1.92 bits per heavy atom. The second-order valence-corrected chi connectivity index (χ2v) is 7.18. The molecule has 0 N–H and O–H groups in total. The minimum atomic E-state index is 0.199. The fraction of sp³-hybridized carbons (Fsp3) is 0.389. The molecule has 2 aromatic heterocycles. The highest BCUT2D eigenvalue weighted by Gasteiger charge is 2.23. The SMILES string of the molecule is Cc1cnc(C)c(OC2CCN(c3nc4ccccc4s3)CC2)n1. The van der Waals surface area contributed by atoms with E-state index in [-0.39, 0.29) is 6.10 Å². The second-order valence-electron chi connectivity index (χ2n) is 6.17. The molecule has 0 radical (unpaired) electrons. The van der Waals surface area contributed by atoms with Crippen LogP contribution in [0.2, 0.25) is 0 Å². The van der Waals surface area contributed by atoms with Gasteiger partial charge in [0.15, 0.2) is 5.13 Å². The zero-order chi connectivity index (χ0) is 16.5. The largest absolute Gasteiger partial charge is 0.473 e. The van der Waals surface area contributed by atoms with Gasteiger partial charge in [0, 0.05) is 32.1 Å². The van der Waals surface area contributed by atoms with Crippen LogP contribution in [0.25, 0.3) is 10.2 Å². The molecule has 0 saturated carbocycles. The van der Waals surface area contributed by atoms with E-state index in [1.807, 2.05) is 19.9 Å². The van der Waals surface area contributed by atoms with Crippen molar-refractivity contribution in [3.8, 4) is 5.88 Å². The molecule has 0 unspecified atom stereocenters. The van der Waals surface area contributed by atoms with Crippen molar-refractivity contribution in [2.45, 2.75) is 32.8 Å². The molecule has 5 nitrogen and oxygen atoms in total. The van der Waals surface area contributed by atoms with Gasteiger partial charge in [-0.1, -0.05) is 23.5 Å². The molecule has 0 aliphatic carbocycles. The van der Waals surface area contributed by atoms with E-state index in [0.29, 0.717) is 5.88 Å². The summed E-state index contributed by atoms with van der Waals surface area (Å²) in [5.41, 5.74) is 2.83. The van der Waals surface area contributed by atoms with Gasteiger partial charge >= 0.3 is 0 Å². The van der Waals surface area contributed by atoms with E-state index in [1.54, 1.807) is 17.5 Å². The first-order chi connectivity index (χ1) is 11.7. The number of fused-ring (bicyclic) bond motifs is 1. The molecule has 0 amide bonds. The van der Waals surface area contributed by atoms with Crippen LogP contribution in [-0.4, -0.2) is 34.1 Å². The second kappa shape index (κ2) is 6.36. The van der Waals surface area contributed by atoms with Gasteiger partial charge in [-0.2, -0.15) is 0 Å². The molecule has 4 rings (SSSR count). The third kappa shape index (κ3) is 3.06. The summed E-state index contributed by atoms with van der Waals surface area (Å²) in [4.78, 5) is 15.9. The van der Waals surface area contributed by atoms with Crippen molar-refractivity contribution >= 4 is 26.7 Å². The maximum atomic E-state index is 6.09. The highest BCUT2D eigenvalue weighted by Crippen LogP contribution is 2.31. The molecule has 6 heteroatoms. The van der Waals surface area contributed by atoms with Gasteiger partial charge in [-0.15, -0.1) is 0 Å². The van der Waals surface area contributed by atoms with Crippen LogP contribution in [0.1, 0.15) is 24.2 Å². The summed E-state index contributed by atoms with van der Waals surface area (Å²) >= 11 is 1.77. The van der Waals surface area contributed by atoms with Crippen LogP contribution < -0.4 is 9.64 Å². The lowest BCUT2D eigenvalue weighted by Crippen LogP contribution is -2.38. The summed E-state index contributed by atoms with van der Waals surface area (Å²) in [5, 5.41) is 1.11. The van der Waals surface area contributed by atoms with Gasteiger partial charge in [0.1, 0.15) is 6.10 Å². The van der Waals surface area contributed by atoms with Crippen LogP contribution in [0, 0.1) is 13.8 Å². The molecule has 1 aromatic carbocycles. The number of thiazole rings is 1. The fourth-order valence-corrected chi connectivity index (χ4v) is 3.96. The number of nitrogens with zero attached hydrogens (tertiary/aromatic N) is 4. The number of aromatic nitrogens is 3. The number of hydrogen-bond donors (Lipinski definition) is 0. The lowest BCUT2D eigenvalue weighted by Gasteiger charge is -2.31. The molecule has 1 aliphatic heterocycles. The van der Waals surface area contributed by atoms with Gasteiger partial charge in [0.2, 0.25) is 5.88 Å². The minimum Gasteiger partial charge on any atom is -0.473 e. The van der Waals surface area contributed by atoms with Crippen molar-refractivity contribution in [3.05, 3.63) is 41.9 Å². The predicted octanol–water partition coefficient (Wildman–Crippen LogP) is 3.75. The first-order valence-electron chi connectivity index (χ1n) is 8.26. The highest BCUT2D eigenvalue weighted by atomic mass is 32.1. The molecule has 0 atom stereocenters. The smallest absolute Gasteiger partial charge is 0.235 e. The average Bonchev–Trinajstić information content (AvgIpc) is 3.03. The van der Waals surface area contributed by atoms with E-state index in [4.69, 9.17) is 9.72 Å². The van der Waals surface area contributed by atoms with Crippen molar-refractivity contribution in [3.63, 3.8) is 0 Å². The average molecular weight is 340 g/mol. The Morgan fingerprint density at radius 1 is 1.12 bits per heavy atom. The van der Waals surface area contributed by atoms with E-state index < -0.39 is 0 Å². The van der Waals surface area contributed by atoms with Crippen LogP contribution in [0.3, 0.4) is 0 Å². The number of para-hydroxylation sites is 1. The van der Waals surface area contributed by atoms with E-state index in [1.165, 1.54) is 4.70 Å². The summed E-state index contributed by atoms with van der Waals surface area (Å²) in [6.45, 7) is 5.80. The van der Waals surface area contributed by atoms with Gasteiger partial charge < -0.3 is 9.64 Å². The molecule has 1 aliphatic rings. The van der Waals surface area contributed by atoms with Crippen molar-refractivity contribution in [1.29, 1.82) is 0 Å². The predicted molar refractivity (Wildman–Crippen MR) is 97.0 cm³/mol. The maximum Gasteiger partial charge on any atom is 0.235 e. The highest BCUT2D eigenvalue weighted by molar-refractivity contribution is 7.22. The zero-order valence-electron chi connectivity index (χ0n) is 13.9. The van der Waals surface area contributed by atoms with Gasteiger partial charge in [-0.3, -0.25) is 4.98 Å². The van der Waals surface area contributed by atoms with Crippen molar-refractivity contribution < 1.29 is 4.74 Å². The van der Waals surface area contributed by atoms with Gasteiger partial charge in [-0.05, 0) is 26.0 Å². The Labute approximate surface area is 145 Å². The van der Waals surface area contributed by atoms with Crippen LogP contribution >= 0.6 is 11.3 Å². The van der Waals surface area contributed by atoms with Crippen LogP contribution in [0.15, 0.2) is 30.5 Å². The number of ether oxygens (including phenoxy) is 1. The van der Waals surface area contributed by atoms with Crippen molar-refractivity contribution in [1.82, 2.24) is 15.0 Å². The number of anilines is 1. The summed E-state index contributed by atoms with van der Waals surface area (Å²) in [7, 11) is 0. The van der Waals surface area contributed by atoms with E-state index in [9.17, 15) is 0 Å². The summed E-state index contributed by atoms with van der Waals surface area (Å²) in [6.07, 6.45) is 3.93. The van der Waals surface area contributed by atoms with Crippen LogP contribution in [0.5, 0.6) is 5.88 Å². The fourth-order valence-electron chi connectivity index (χ4n) is 2.95. The lowest BCUT2D eigenvalue weighted by molar-refractivity contribution is 0.161. The van der Waals surface area contributed by atoms with E-state index in [2.05, 4.69) is 33.1 Å². The molecular weight excluding hydrogens is 320 g/mol. The Morgan fingerprint density at radius 3 is 2.71 bits per heavy atom. The van der Waals surface area contributed by atoms with E-state index >= 15 is 0 Å². The van der Waals surface area contributed by atoms with E-state index in [0.717, 1.165) is 48.0 Å². The molecule has 0 spiro atoms. The zero-order valence-corrected chi connectivity index (χ0v) is 14.7. The minimum absolute atomic E-state index is 0.199. The molecule has 1 saturated heterocycles. The lowest BCUT2D eigenvalue weighted by atomic mass is 10.1. The van der Waals surface area contributed by atoms with Gasteiger partial charge in [0.05, 0.1) is 21.6 Å². The Balaban J connectivity index is 1.42. The number of hydrogen-bond acceptors (Lipinski definition) is 6. The Hall–Kier alpha value is -2.21. The number of rotatable bonds is 3. The van der Waals surface area contributed by atoms with Crippen molar-refractivity contribution in [2.24, 2.45) is 0 Å². The third-order valence-corrected chi connectivity index (χ3v) is 5.40. The number of benzene rings is 1. The topological polar surface area (TPSA) is 51.1 Å². The normalized spacial score (nSPS) is 15.8. The van der Waals surface area contributed by atoms with Crippen LogP contribution in [-0.2, 0) is 0 Å². The van der Waals surface area contributed by atoms with Crippen molar-refractivity contribution in [2.75, 3.05) is 18.0 Å². The summed E-state index contributed by atoms with van der Waals surface area (Å²) in [6, 6.07) is 8.31.